The van der Waals surface area contributed by atoms with Gasteiger partial charge in [-0.3, -0.25) is 14.2 Å². The van der Waals surface area contributed by atoms with Crippen LogP contribution >= 0.6 is 7.82 Å². The van der Waals surface area contributed by atoms with Gasteiger partial charge < -0.3 is 28.5 Å². The third-order valence-electron chi connectivity index (χ3n) is 12.5. The Balaban J connectivity index is 5.40. The number of ether oxygens (including phenoxy) is 1. The number of carbonyl (C=O) groups is 2. The molecule has 10 heteroatoms. The van der Waals surface area contributed by atoms with Gasteiger partial charge in [-0.2, -0.15) is 0 Å². The zero-order chi connectivity index (χ0) is 50.1. The third kappa shape index (κ3) is 49.0. The van der Waals surface area contributed by atoms with Crippen LogP contribution in [0.5, 0.6) is 0 Å². The second-order valence-corrected chi connectivity index (χ2v) is 21.8. The summed E-state index contributed by atoms with van der Waals surface area (Å²) in [7, 11) is 1.17. The number of rotatable bonds is 51. The molecule has 0 spiro atoms. The summed E-state index contributed by atoms with van der Waals surface area (Å²) in [4.78, 5) is 39.8. The molecule has 0 saturated carbocycles. The number of quaternary nitrogens is 1. The topological polar surface area (TPSA) is 114 Å². The average Bonchev–Trinajstić information content (AvgIpc) is 3.29. The van der Waals surface area contributed by atoms with Crippen LogP contribution in [0.15, 0.2) is 48.6 Å². The molecule has 0 radical (unpaired) electrons. The van der Waals surface area contributed by atoms with Gasteiger partial charge in [0.2, 0.25) is 5.91 Å². The largest absolute Gasteiger partial charge is 0.756 e. The molecule has 0 saturated heterocycles. The van der Waals surface area contributed by atoms with E-state index in [1.165, 1.54) is 135 Å². The Morgan fingerprint density at radius 3 is 1.41 bits per heavy atom. The molecule has 1 N–H and O–H groups in total. The van der Waals surface area contributed by atoms with E-state index >= 15 is 0 Å². The Bertz CT molecular complexity index is 1310. The van der Waals surface area contributed by atoms with E-state index in [1.54, 1.807) is 0 Å². The van der Waals surface area contributed by atoms with Gasteiger partial charge in [-0.05, 0) is 63.9 Å². The lowest BCUT2D eigenvalue weighted by molar-refractivity contribution is -0.870. The zero-order valence-corrected chi connectivity index (χ0v) is 46.2. The number of carbonyl (C=O) groups excluding carboxylic acids is 2. The summed E-state index contributed by atoms with van der Waals surface area (Å²) in [5, 5.41) is 3.01. The molecule has 0 aromatic carbocycles. The van der Waals surface area contributed by atoms with Crippen molar-refractivity contribution in [1.82, 2.24) is 5.32 Å². The summed E-state index contributed by atoms with van der Waals surface area (Å²) in [6.45, 7) is 6.72. The maximum Gasteiger partial charge on any atom is 0.306 e. The normalized spacial score (nSPS) is 14.2. The number of nitrogens with one attached hydrogen (secondary N) is 1. The van der Waals surface area contributed by atoms with Crippen molar-refractivity contribution in [2.75, 3.05) is 40.9 Å². The fourth-order valence-electron chi connectivity index (χ4n) is 8.12. The highest BCUT2D eigenvalue weighted by molar-refractivity contribution is 7.45. The number of unbranched alkanes of at least 4 members (excludes halogenated alkanes) is 29. The first-order chi connectivity index (χ1) is 32.9. The van der Waals surface area contributed by atoms with E-state index in [0.29, 0.717) is 23.9 Å². The summed E-state index contributed by atoms with van der Waals surface area (Å²) in [6, 6.07) is -0.896. The molecular formula is C58H109N2O7P. The lowest BCUT2D eigenvalue weighted by atomic mass is 10.0. The Hall–Kier alpha value is -2.03. The van der Waals surface area contributed by atoms with Crippen molar-refractivity contribution in [2.24, 2.45) is 0 Å². The van der Waals surface area contributed by atoms with Crippen molar-refractivity contribution >= 4 is 19.7 Å². The predicted molar refractivity (Wildman–Crippen MR) is 289 cm³/mol. The van der Waals surface area contributed by atoms with Crippen molar-refractivity contribution in [3.8, 4) is 0 Å². The number of hydrogen-bond donors (Lipinski definition) is 1. The molecule has 68 heavy (non-hydrogen) atoms. The number of allylic oxidation sites excluding steroid dienone is 7. The van der Waals surface area contributed by atoms with Crippen molar-refractivity contribution in [2.45, 2.75) is 270 Å². The Kier molecular flexibility index (Phi) is 47.1. The monoisotopic (exact) mass is 977 g/mol. The summed E-state index contributed by atoms with van der Waals surface area (Å²) < 4.78 is 30.2. The fraction of sp³-hybridized carbons (Fsp3) is 0.828. The Morgan fingerprint density at radius 2 is 0.941 bits per heavy atom. The van der Waals surface area contributed by atoms with Gasteiger partial charge in [0, 0.05) is 12.8 Å². The number of phosphoric acid groups is 1. The van der Waals surface area contributed by atoms with Crippen LogP contribution in [0.3, 0.4) is 0 Å². The van der Waals surface area contributed by atoms with E-state index in [-0.39, 0.29) is 24.9 Å². The van der Waals surface area contributed by atoms with Gasteiger partial charge in [0.25, 0.3) is 7.82 Å². The maximum absolute atomic E-state index is 13.5. The number of hydrogen-bond acceptors (Lipinski definition) is 7. The predicted octanol–water partition coefficient (Wildman–Crippen LogP) is 16.3. The minimum atomic E-state index is -4.70. The zero-order valence-electron chi connectivity index (χ0n) is 45.3. The lowest BCUT2D eigenvalue weighted by Crippen LogP contribution is -2.47. The van der Waals surface area contributed by atoms with Crippen molar-refractivity contribution < 1.29 is 37.3 Å². The molecule has 3 atom stereocenters. The van der Waals surface area contributed by atoms with Crippen LogP contribution in [0.4, 0.5) is 0 Å². The van der Waals surface area contributed by atoms with E-state index in [9.17, 15) is 19.0 Å². The first-order valence-corrected chi connectivity index (χ1v) is 29.9. The SMILES string of the molecule is CC/C=C/C/C=C/C/C=C/CCCCCCC(=O)NC(COP(=O)([O-])OCC[N+](C)(C)C)C(/C=C/CCCCCCCCCCCCC)OC(=O)CCCCCCCCCCCCCCCCC. The van der Waals surface area contributed by atoms with Crippen LogP contribution in [0, 0.1) is 0 Å². The molecule has 1 amide bonds. The molecule has 0 aliphatic heterocycles. The lowest BCUT2D eigenvalue weighted by Gasteiger charge is -2.30. The first kappa shape index (κ1) is 66.0. The van der Waals surface area contributed by atoms with Gasteiger partial charge >= 0.3 is 5.97 Å². The summed E-state index contributed by atoms with van der Waals surface area (Å²) in [6.07, 6.45) is 57.8. The minimum Gasteiger partial charge on any atom is -0.756 e. The summed E-state index contributed by atoms with van der Waals surface area (Å²) in [5.74, 6) is -0.560. The van der Waals surface area contributed by atoms with E-state index in [2.05, 4.69) is 62.5 Å². The molecule has 0 aliphatic rings. The smallest absolute Gasteiger partial charge is 0.306 e. The molecule has 0 rings (SSSR count). The van der Waals surface area contributed by atoms with Crippen LogP contribution < -0.4 is 10.2 Å². The summed E-state index contributed by atoms with van der Waals surface area (Å²) >= 11 is 0. The Morgan fingerprint density at radius 1 is 0.529 bits per heavy atom. The molecule has 0 bridgehead atoms. The van der Waals surface area contributed by atoms with Gasteiger partial charge in [0.15, 0.2) is 0 Å². The number of likely N-dealkylation sites (N-methyl/N-ethyl adjacent to an activating group) is 1. The highest BCUT2D eigenvalue weighted by atomic mass is 31.2. The molecule has 398 valence electrons. The van der Waals surface area contributed by atoms with Crippen molar-refractivity contribution in [1.29, 1.82) is 0 Å². The van der Waals surface area contributed by atoms with Crippen molar-refractivity contribution in [3.63, 3.8) is 0 Å². The fourth-order valence-corrected chi connectivity index (χ4v) is 8.85. The molecule has 0 heterocycles. The van der Waals surface area contributed by atoms with E-state index in [0.717, 1.165) is 83.5 Å². The highest BCUT2D eigenvalue weighted by Gasteiger charge is 2.27. The van der Waals surface area contributed by atoms with Crippen LogP contribution in [-0.4, -0.2) is 69.4 Å². The average molecular weight is 977 g/mol. The van der Waals surface area contributed by atoms with E-state index < -0.39 is 26.6 Å². The third-order valence-corrected chi connectivity index (χ3v) is 13.5. The first-order valence-electron chi connectivity index (χ1n) is 28.4. The van der Waals surface area contributed by atoms with Crippen LogP contribution in [0.1, 0.15) is 258 Å². The van der Waals surface area contributed by atoms with Gasteiger partial charge in [-0.15, -0.1) is 0 Å². The number of phosphoric ester groups is 1. The summed E-state index contributed by atoms with van der Waals surface area (Å²) in [5.41, 5.74) is 0. The van der Waals surface area contributed by atoms with Crippen LogP contribution in [0.25, 0.3) is 0 Å². The quantitative estimate of drug-likeness (QED) is 0.0212. The van der Waals surface area contributed by atoms with Gasteiger partial charge in [-0.1, -0.05) is 230 Å². The minimum absolute atomic E-state index is 0.0262. The Labute approximate surface area is 420 Å². The standard InChI is InChI=1S/C58H109N2O7P/c1-7-10-13-16-19-22-25-28-30-33-36-39-42-45-48-51-58(62)67-56(49-46-43-40-37-34-31-27-24-21-18-15-12-9-3)55(54-66-68(63,64)65-53-52-60(4,5)6)59-57(61)50-47-44-41-38-35-32-29-26-23-20-17-14-11-8-2/h11,14,20,23,29,32,46,49,55-56H,7-10,12-13,15-19,21-22,24-28,30-31,33-45,47-48,50-54H2,1-6H3,(H-,59,61,63,64)/b14-11+,23-20+,32-29+,49-46+. The van der Waals surface area contributed by atoms with Gasteiger partial charge in [-0.25, -0.2) is 0 Å². The van der Waals surface area contributed by atoms with Gasteiger partial charge in [0.05, 0.1) is 33.8 Å². The molecule has 0 aliphatic carbocycles. The second-order valence-electron chi connectivity index (χ2n) is 20.4. The molecule has 0 aromatic heterocycles. The van der Waals surface area contributed by atoms with Crippen LogP contribution in [0.2, 0.25) is 0 Å². The van der Waals surface area contributed by atoms with E-state index in [1.807, 2.05) is 33.3 Å². The molecular weight excluding hydrogens is 868 g/mol. The second kappa shape index (κ2) is 48.6. The van der Waals surface area contributed by atoms with Crippen molar-refractivity contribution in [3.05, 3.63) is 48.6 Å². The number of nitrogens with zero attached hydrogens (tertiary/aromatic N) is 1. The molecule has 9 nitrogen and oxygen atoms in total. The molecule has 0 fully saturated rings. The molecule has 3 unspecified atom stereocenters. The van der Waals surface area contributed by atoms with Gasteiger partial charge in [0.1, 0.15) is 19.3 Å². The highest BCUT2D eigenvalue weighted by Crippen LogP contribution is 2.38. The van der Waals surface area contributed by atoms with E-state index in [4.69, 9.17) is 13.8 Å². The van der Waals surface area contributed by atoms with Crippen LogP contribution in [-0.2, 0) is 27.9 Å². The maximum atomic E-state index is 13.5. The number of amides is 1. The molecule has 0 aromatic rings. The number of esters is 1.